The third kappa shape index (κ3) is 3.46. The van der Waals surface area contributed by atoms with Crippen LogP contribution in [-0.2, 0) is 6.42 Å². The lowest BCUT2D eigenvalue weighted by molar-refractivity contribution is 0.420. The number of hydrogen-bond acceptors (Lipinski definition) is 2. The molecular weight excluding hydrogens is 172 g/mol. The van der Waals surface area contributed by atoms with Crippen LogP contribution in [0.3, 0.4) is 0 Å². The highest BCUT2D eigenvalue weighted by Crippen LogP contribution is 2.11. The molecule has 0 saturated carbocycles. The Kier molecular flexibility index (Phi) is 4.60. The summed E-state index contributed by atoms with van der Waals surface area (Å²) in [6.07, 6.45) is 6.97. The topological polar surface area (TPSA) is 38.9 Å². The van der Waals surface area contributed by atoms with E-state index in [-0.39, 0.29) is 0 Å². The van der Waals surface area contributed by atoms with E-state index >= 15 is 0 Å². The van der Waals surface area contributed by atoms with Crippen molar-refractivity contribution in [1.82, 2.24) is 4.98 Å². The first-order valence-corrected chi connectivity index (χ1v) is 5.38. The molecule has 2 atom stereocenters. The van der Waals surface area contributed by atoms with Crippen molar-refractivity contribution in [3.05, 3.63) is 30.1 Å². The average molecular weight is 192 g/mol. The minimum absolute atomic E-state index is 0.327. The molecule has 1 heterocycles. The first-order valence-electron chi connectivity index (χ1n) is 5.38. The molecule has 0 spiro atoms. The average Bonchev–Trinajstić information content (AvgIpc) is 2.26. The highest BCUT2D eigenvalue weighted by molar-refractivity contribution is 5.09. The van der Waals surface area contributed by atoms with Crippen LogP contribution in [0, 0.1) is 5.92 Å². The van der Waals surface area contributed by atoms with Crippen molar-refractivity contribution in [3.8, 4) is 0 Å². The Morgan fingerprint density at radius 2 is 2.00 bits per heavy atom. The van der Waals surface area contributed by atoms with Gasteiger partial charge in [-0.2, -0.15) is 0 Å². The first-order chi connectivity index (χ1) is 6.74. The molecule has 0 fully saturated rings. The van der Waals surface area contributed by atoms with Crippen molar-refractivity contribution in [1.29, 1.82) is 0 Å². The number of aromatic nitrogens is 1. The predicted octanol–water partition coefficient (Wildman–Crippen LogP) is 2.39. The minimum atomic E-state index is 0.327. The normalized spacial score (nSPS) is 15.1. The fraction of sp³-hybridized carbons (Fsp3) is 0.583. The standard InChI is InChI=1S/C12H20N2/c1-3-10(2)12(13)5-4-11-6-8-14-9-7-11/h6-10,12H,3-5,13H2,1-2H3. The fourth-order valence-electron chi connectivity index (χ4n) is 1.47. The second kappa shape index (κ2) is 5.76. The molecule has 2 heteroatoms. The molecule has 14 heavy (non-hydrogen) atoms. The van der Waals surface area contributed by atoms with E-state index in [1.807, 2.05) is 12.4 Å². The van der Waals surface area contributed by atoms with E-state index < -0.39 is 0 Å². The number of aryl methyl sites for hydroxylation is 1. The maximum Gasteiger partial charge on any atom is 0.0270 e. The van der Waals surface area contributed by atoms with Gasteiger partial charge in [-0.1, -0.05) is 20.3 Å². The second-order valence-corrected chi connectivity index (χ2v) is 3.94. The quantitative estimate of drug-likeness (QED) is 0.778. The van der Waals surface area contributed by atoms with Crippen molar-refractivity contribution in [2.45, 2.75) is 39.2 Å². The highest BCUT2D eigenvalue weighted by atomic mass is 14.6. The Morgan fingerprint density at radius 3 is 2.57 bits per heavy atom. The largest absolute Gasteiger partial charge is 0.327 e. The molecule has 0 aromatic carbocycles. The molecule has 0 aliphatic heterocycles. The Labute approximate surface area is 86.5 Å². The van der Waals surface area contributed by atoms with Gasteiger partial charge in [0.2, 0.25) is 0 Å². The van der Waals surface area contributed by atoms with Gasteiger partial charge < -0.3 is 5.73 Å². The van der Waals surface area contributed by atoms with Gasteiger partial charge >= 0.3 is 0 Å². The molecule has 1 aromatic rings. The monoisotopic (exact) mass is 192 g/mol. The van der Waals surface area contributed by atoms with Gasteiger partial charge in [-0.15, -0.1) is 0 Å². The van der Waals surface area contributed by atoms with Crippen LogP contribution in [0.25, 0.3) is 0 Å². The van der Waals surface area contributed by atoms with Gasteiger partial charge in [-0.05, 0) is 36.5 Å². The molecule has 2 unspecified atom stereocenters. The van der Waals surface area contributed by atoms with Gasteiger partial charge in [-0.25, -0.2) is 0 Å². The maximum atomic E-state index is 6.06. The van der Waals surface area contributed by atoms with Gasteiger partial charge in [0.1, 0.15) is 0 Å². The van der Waals surface area contributed by atoms with E-state index in [2.05, 4.69) is 31.0 Å². The fourth-order valence-corrected chi connectivity index (χ4v) is 1.47. The summed E-state index contributed by atoms with van der Waals surface area (Å²) in [6, 6.07) is 4.44. The zero-order chi connectivity index (χ0) is 10.4. The van der Waals surface area contributed by atoms with E-state index in [4.69, 9.17) is 5.73 Å². The van der Waals surface area contributed by atoms with Crippen molar-refractivity contribution in [2.24, 2.45) is 11.7 Å². The summed E-state index contributed by atoms with van der Waals surface area (Å²) in [4.78, 5) is 3.99. The van der Waals surface area contributed by atoms with Crippen LogP contribution in [0.2, 0.25) is 0 Å². The smallest absolute Gasteiger partial charge is 0.0270 e. The number of hydrogen-bond donors (Lipinski definition) is 1. The van der Waals surface area contributed by atoms with Gasteiger partial charge in [0.05, 0.1) is 0 Å². The number of rotatable bonds is 5. The summed E-state index contributed by atoms with van der Waals surface area (Å²) in [5, 5.41) is 0. The van der Waals surface area contributed by atoms with Crippen LogP contribution in [0.1, 0.15) is 32.3 Å². The number of pyridine rings is 1. The zero-order valence-electron chi connectivity index (χ0n) is 9.11. The minimum Gasteiger partial charge on any atom is -0.327 e. The summed E-state index contributed by atoms with van der Waals surface area (Å²) in [7, 11) is 0. The van der Waals surface area contributed by atoms with E-state index in [0.717, 1.165) is 19.3 Å². The summed E-state index contributed by atoms with van der Waals surface area (Å²) in [5.74, 6) is 0.622. The molecule has 2 N–H and O–H groups in total. The predicted molar refractivity (Wildman–Crippen MR) is 60.0 cm³/mol. The van der Waals surface area contributed by atoms with E-state index in [1.165, 1.54) is 5.56 Å². The van der Waals surface area contributed by atoms with Crippen LogP contribution >= 0.6 is 0 Å². The van der Waals surface area contributed by atoms with Crippen LogP contribution in [0.5, 0.6) is 0 Å². The van der Waals surface area contributed by atoms with E-state index in [0.29, 0.717) is 12.0 Å². The lowest BCUT2D eigenvalue weighted by Gasteiger charge is -2.17. The SMILES string of the molecule is CCC(C)C(N)CCc1ccncc1. The van der Waals surface area contributed by atoms with Crippen molar-refractivity contribution in [2.75, 3.05) is 0 Å². The third-order valence-electron chi connectivity index (χ3n) is 2.89. The molecule has 0 aliphatic rings. The summed E-state index contributed by atoms with van der Waals surface area (Å²) in [5.41, 5.74) is 7.39. The van der Waals surface area contributed by atoms with Crippen molar-refractivity contribution >= 4 is 0 Å². The number of nitrogens with two attached hydrogens (primary N) is 1. The Bertz CT molecular complexity index is 246. The van der Waals surface area contributed by atoms with Crippen molar-refractivity contribution < 1.29 is 0 Å². The maximum absolute atomic E-state index is 6.06. The van der Waals surface area contributed by atoms with Gasteiger partial charge in [0.25, 0.3) is 0 Å². The van der Waals surface area contributed by atoms with Crippen molar-refractivity contribution in [3.63, 3.8) is 0 Å². The Balaban J connectivity index is 2.34. The molecule has 0 aliphatic carbocycles. The molecule has 1 rings (SSSR count). The summed E-state index contributed by atoms with van der Waals surface area (Å²) < 4.78 is 0. The molecule has 0 radical (unpaired) electrons. The highest BCUT2D eigenvalue weighted by Gasteiger charge is 2.09. The van der Waals surface area contributed by atoms with E-state index in [1.54, 1.807) is 0 Å². The summed E-state index contributed by atoms with van der Waals surface area (Å²) in [6.45, 7) is 4.41. The van der Waals surface area contributed by atoms with E-state index in [9.17, 15) is 0 Å². The first kappa shape index (κ1) is 11.2. The molecule has 0 bridgehead atoms. The lowest BCUT2D eigenvalue weighted by atomic mass is 9.94. The van der Waals surface area contributed by atoms with Crippen LogP contribution < -0.4 is 5.73 Å². The Morgan fingerprint density at radius 1 is 1.36 bits per heavy atom. The molecule has 1 aromatic heterocycles. The lowest BCUT2D eigenvalue weighted by Crippen LogP contribution is -2.28. The third-order valence-corrected chi connectivity index (χ3v) is 2.89. The Hall–Kier alpha value is -0.890. The second-order valence-electron chi connectivity index (χ2n) is 3.94. The van der Waals surface area contributed by atoms with Crippen LogP contribution in [0.4, 0.5) is 0 Å². The number of nitrogens with zero attached hydrogens (tertiary/aromatic N) is 1. The zero-order valence-corrected chi connectivity index (χ0v) is 9.11. The molecular formula is C12H20N2. The van der Waals surface area contributed by atoms with Gasteiger partial charge in [0, 0.05) is 18.4 Å². The molecule has 0 amide bonds. The van der Waals surface area contributed by atoms with Gasteiger partial charge in [0.15, 0.2) is 0 Å². The molecule has 0 saturated heterocycles. The molecule has 78 valence electrons. The van der Waals surface area contributed by atoms with Crippen LogP contribution in [-0.4, -0.2) is 11.0 Å². The van der Waals surface area contributed by atoms with Crippen LogP contribution in [0.15, 0.2) is 24.5 Å². The van der Waals surface area contributed by atoms with Gasteiger partial charge in [-0.3, -0.25) is 4.98 Å². The molecule has 2 nitrogen and oxygen atoms in total. The summed E-state index contributed by atoms with van der Waals surface area (Å²) >= 11 is 0.